The second-order valence-electron chi connectivity index (χ2n) is 3.28. The highest BCUT2D eigenvalue weighted by atomic mass is 16.3. The Bertz CT molecular complexity index is 546. The van der Waals surface area contributed by atoms with Crippen LogP contribution in [0.3, 0.4) is 0 Å². The molecule has 0 radical (unpaired) electrons. The maximum atomic E-state index is 5.71. The molecule has 0 amide bonds. The number of fused-ring (bicyclic) bond motifs is 1. The Morgan fingerprint density at radius 2 is 1.67 bits per heavy atom. The zero-order valence-electron chi connectivity index (χ0n) is 12.6. The lowest BCUT2D eigenvalue weighted by molar-refractivity contribution is 0.575. The SMILES string of the molecule is C/C=c1/oc2ccccc2/c1=C/CC.CC.CC. The molecule has 0 N–H and O–H groups in total. The molecule has 0 aliphatic rings. The molecule has 0 atom stereocenters. The van der Waals surface area contributed by atoms with Crippen molar-refractivity contribution in [2.45, 2.75) is 48.0 Å². The standard InChI is InChI=1S/C13H14O.2C2H6/c1-3-7-10-11-8-5-6-9-13(11)14-12(10)4-2;2*1-2/h4-9H,3H2,1-2H3;2*1-2H3/b10-7-,12-4+;;. The van der Waals surface area contributed by atoms with Crippen LogP contribution in [0.15, 0.2) is 28.7 Å². The number of furan rings is 1. The summed E-state index contributed by atoms with van der Waals surface area (Å²) in [5.74, 6) is 0. The molecule has 1 heterocycles. The van der Waals surface area contributed by atoms with E-state index >= 15 is 0 Å². The first-order valence-electron chi connectivity index (χ1n) is 7.01. The summed E-state index contributed by atoms with van der Waals surface area (Å²) >= 11 is 0. The van der Waals surface area contributed by atoms with E-state index < -0.39 is 0 Å². The fourth-order valence-electron chi connectivity index (χ4n) is 1.71. The Kier molecular flexibility index (Phi) is 8.73. The monoisotopic (exact) mass is 246 g/mol. The molecule has 100 valence electrons. The van der Waals surface area contributed by atoms with Gasteiger partial charge < -0.3 is 4.42 Å². The molecule has 2 aromatic rings. The van der Waals surface area contributed by atoms with Crippen molar-refractivity contribution in [3.63, 3.8) is 0 Å². The number of benzene rings is 1. The third kappa shape index (κ3) is 3.76. The normalized spacial score (nSPS) is 11.7. The summed E-state index contributed by atoms with van der Waals surface area (Å²) < 4.78 is 5.71. The van der Waals surface area contributed by atoms with Crippen molar-refractivity contribution in [1.82, 2.24) is 0 Å². The molecule has 2 rings (SSSR count). The number of rotatable bonds is 1. The first-order valence-corrected chi connectivity index (χ1v) is 7.01. The maximum Gasteiger partial charge on any atom is 0.135 e. The van der Waals surface area contributed by atoms with E-state index in [9.17, 15) is 0 Å². The van der Waals surface area contributed by atoms with Crippen LogP contribution in [0, 0.1) is 0 Å². The van der Waals surface area contributed by atoms with Crippen molar-refractivity contribution in [3.8, 4) is 0 Å². The van der Waals surface area contributed by atoms with Gasteiger partial charge in [-0.15, -0.1) is 0 Å². The van der Waals surface area contributed by atoms with E-state index in [1.54, 1.807) is 0 Å². The van der Waals surface area contributed by atoms with Gasteiger partial charge in [-0.3, -0.25) is 0 Å². The Labute approximate surface area is 111 Å². The molecular weight excluding hydrogens is 220 g/mol. The highest BCUT2D eigenvalue weighted by molar-refractivity contribution is 5.78. The van der Waals surface area contributed by atoms with Gasteiger partial charge in [0.1, 0.15) is 11.0 Å². The summed E-state index contributed by atoms with van der Waals surface area (Å²) in [4.78, 5) is 0. The molecule has 1 heteroatoms. The summed E-state index contributed by atoms with van der Waals surface area (Å²) in [6.07, 6.45) is 5.26. The zero-order valence-corrected chi connectivity index (χ0v) is 12.6. The average Bonchev–Trinajstić information content (AvgIpc) is 2.82. The van der Waals surface area contributed by atoms with Crippen molar-refractivity contribution in [3.05, 3.63) is 34.9 Å². The lowest BCUT2D eigenvalue weighted by Crippen LogP contribution is -2.19. The van der Waals surface area contributed by atoms with Gasteiger partial charge in [0, 0.05) is 10.6 Å². The van der Waals surface area contributed by atoms with Gasteiger partial charge in [-0.25, -0.2) is 0 Å². The second-order valence-corrected chi connectivity index (χ2v) is 3.28. The van der Waals surface area contributed by atoms with Crippen LogP contribution in [-0.2, 0) is 0 Å². The second kappa shape index (κ2) is 9.52. The molecule has 0 saturated carbocycles. The average molecular weight is 246 g/mol. The van der Waals surface area contributed by atoms with E-state index in [-0.39, 0.29) is 0 Å². The number of hydrogen-bond donors (Lipinski definition) is 0. The van der Waals surface area contributed by atoms with Crippen molar-refractivity contribution in [1.29, 1.82) is 0 Å². The third-order valence-corrected chi connectivity index (χ3v) is 2.33. The molecule has 0 aliphatic carbocycles. The zero-order chi connectivity index (χ0) is 14.0. The summed E-state index contributed by atoms with van der Waals surface area (Å²) in [7, 11) is 0. The van der Waals surface area contributed by atoms with Crippen LogP contribution in [0.25, 0.3) is 23.1 Å². The summed E-state index contributed by atoms with van der Waals surface area (Å²) in [6, 6.07) is 8.16. The van der Waals surface area contributed by atoms with Crippen molar-refractivity contribution >= 4 is 23.1 Å². The first kappa shape index (κ1) is 16.5. The minimum Gasteiger partial charge on any atom is -0.456 e. The van der Waals surface area contributed by atoms with Crippen LogP contribution in [0.1, 0.15) is 48.0 Å². The topological polar surface area (TPSA) is 13.1 Å². The molecule has 0 aliphatic heterocycles. The summed E-state index contributed by atoms with van der Waals surface area (Å²) in [5, 5.41) is 2.44. The van der Waals surface area contributed by atoms with Crippen LogP contribution in [0.4, 0.5) is 0 Å². The van der Waals surface area contributed by atoms with Crippen LogP contribution in [0.5, 0.6) is 0 Å². The van der Waals surface area contributed by atoms with Crippen LogP contribution >= 0.6 is 0 Å². The fraction of sp³-hybridized carbons (Fsp3) is 0.412. The van der Waals surface area contributed by atoms with Gasteiger partial charge in [0.2, 0.25) is 0 Å². The molecule has 0 saturated heterocycles. The molecule has 0 bridgehead atoms. The maximum absolute atomic E-state index is 5.71. The molecule has 18 heavy (non-hydrogen) atoms. The van der Waals surface area contributed by atoms with Gasteiger partial charge in [0.05, 0.1) is 0 Å². The smallest absolute Gasteiger partial charge is 0.135 e. The minimum absolute atomic E-state index is 0.973. The van der Waals surface area contributed by atoms with Crippen LogP contribution in [0.2, 0.25) is 0 Å². The largest absolute Gasteiger partial charge is 0.456 e. The van der Waals surface area contributed by atoms with Gasteiger partial charge in [-0.05, 0) is 25.5 Å². The molecule has 1 aromatic carbocycles. The molecule has 1 nitrogen and oxygen atoms in total. The molecular formula is C17H26O. The highest BCUT2D eigenvalue weighted by Gasteiger charge is 1.99. The Hall–Kier alpha value is -1.50. The fourth-order valence-corrected chi connectivity index (χ4v) is 1.71. The summed E-state index contributed by atoms with van der Waals surface area (Å²) in [5.41, 5.74) is 1.95. The van der Waals surface area contributed by atoms with E-state index in [4.69, 9.17) is 4.42 Å². The molecule has 0 fully saturated rings. The Morgan fingerprint density at radius 3 is 2.22 bits per heavy atom. The number of para-hydroxylation sites is 1. The van der Waals surface area contributed by atoms with Gasteiger partial charge in [-0.1, -0.05) is 58.9 Å². The Balaban J connectivity index is 0.000000659. The van der Waals surface area contributed by atoms with Crippen LogP contribution in [-0.4, -0.2) is 0 Å². The van der Waals surface area contributed by atoms with Crippen LogP contribution < -0.4 is 10.6 Å². The van der Waals surface area contributed by atoms with E-state index in [1.165, 1.54) is 10.6 Å². The van der Waals surface area contributed by atoms with Crippen molar-refractivity contribution < 1.29 is 4.42 Å². The van der Waals surface area contributed by atoms with Gasteiger partial charge in [0.15, 0.2) is 0 Å². The number of hydrogen-bond acceptors (Lipinski definition) is 1. The highest BCUT2D eigenvalue weighted by Crippen LogP contribution is 2.06. The van der Waals surface area contributed by atoms with Gasteiger partial charge in [-0.2, -0.15) is 0 Å². The molecule has 0 spiro atoms. The van der Waals surface area contributed by atoms with E-state index in [0.29, 0.717) is 0 Å². The molecule has 0 unspecified atom stereocenters. The first-order chi connectivity index (χ1) is 8.86. The lowest BCUT2D eigenvalue weighted by atomic mass is 10.2. The third-order valence-electron chi connectivity index (χ3n) is 2.33. The van der Waals surface area contributed by atoms with E-state index in [2.05, 4.69) is 19.1 Å². The predicted molar refractivity (Wildman–Crippen MR) is 83.1 cm³/mol. The van der Waals surface area contributed by atoms with E-state index in [0.717, 1.165) is 17.4 Å². The van der Waals surface area contributed by atoms with Gasteiger partial charge >= 0.3 is 0 Å². The predicted octanol–water partition coefficient (Wildman–Crippen LogP) is 4.48. The van der Waals surface area contributed by atoms with Gasteiger partial charge in [0.25, 0.3) is 0 Å². The van der Waals surface area contributed by atoms with Crippen molar-refractivity contribution in [2.24, 2.45) is 0 Å². The summed E-state index contributed by atoms with van der Waals surface area (Å²) in [6.45, 7) is 12.1. The quantitative estimate of drug-likeness (QED) is 0.723. The lowest BCUT2D eigenvalue weighted by Gasteiger charge is -1.83. The molecule has 1 aromatic heterocycles. The van der Waals surface area contributed by atoms with E-state index in [1.807, 2.05) is 58.9 Å². The minimum atomic E-state index is 0.973. The van der Waals surface area contributed by atoms with Crippen molar-refractivity contribution in [2.75, 3.05) is 0 Å². The Morgan fingerprint density at radius 1 is 1.06 bits per heavy atom.